The Hall–Kier alpha value is -2.73. The van der Waals surface area contributed by atoms with Gasteiger partial charge in [-0.05, 0) is 49.2 Å². The number of ether oxygens (including phenoxy) is 1. The third-order valence-electron chi connectivity index (χ3n) is 4.84. The maximum atomic E-state index is 12.7. The van der Waals surface area contributed by atoms with E-state index in [2.05, 4.69) is 18.0 Å². The Balaban J connectivity index is 1.34. The third-order valence-corrected chi connectivity index (χ3v) is 5.79. The van der Waals surface area contributed by atoms with Crippen LogP contribution in [0.1, 0.15) is 18.2 Å². The molecule has 0 saturated heterocycles. The number of benzene rings is 2. The highest BCUT2D eigenvalue weighted by molar-refractivity contribution is 7.99. The Morgan fingerprint density at radius 3 is 2.82 bits per heavy atom. The summed E-state index contributed by atoms with van der Waals surface area (Å²) < 4.78 is 10.8. The van der Waals surface area contributed by atoms with Crippen LogP contribution in [-0.4, -0.2) is 29.8 Å². The van der Waals surface area contributed by atoms with Gasteiger partial charge < -0.3 is 14.1 Å². The second-order valence-corrected chi connectivity index (χ2v) is 7.80. The van der Waals surface area contributed by atoms with E-state index in [1.807, 2.05) is 47.4 Å². The molecule has 1 aliphatic rings. The molecule has 2 heterocycles. The van der Waals surface area contributed by atoms with Crippen molar-refractivity contribution in [1.82, 2.24) is 4.98 Å². The Bertz CT molecular complexity index is 968. The molecule has 0 N–H and O–H groups in total. The fourth-order valence-electron chi connectivity index (χ4n) is 3.50. The van der Waals surface area contributed by atoms with Crippen LogP contribution in [0.3, 0.4) is 0 Å². The molecule has 3 aromatic rings. The number of nitrogens with zero attached hydrogens (tertiary/aromatic N) is 2. The molecule has 0 fully saturated rings. The number of aromatic nitrogens is 1. The molecule has 0 aliphatic carbocycles. The van der Waals surface area contributed by atoms with Gasteiger partial charge in [0.1, 0.15) is 12.0 Å². The van der Waals surface area contributed by atoms with E-state index < -0.39 is 0 Å². The zero-order valence-electron chi connectivity index (χ0n) is 15.9. The number of methoxy groups -OCH3 is 1. The largest absolute Gasteiger partial charge is 0.497 e. The van der Waals surface area contributed by atoms with Gasteiger partial charge in [0.15, 0.2) is 0 Å². The summed E-state index contributed by atoms with van der Waals surface area (Å²) in [6.07, 6.45) is 2.58. The number of hydrogen-bond donors (Lipinski definition) is 0. The number of fused-ring (bicyclic) bond motifs is 1. The van der Waals surface area contributed by atoms with Gasteiger partial charge in [-0.2, -0.15) is 0 Å². The van der Waals surface area contributed by atoms with Crippen molar-refractivity contribution in [2.24, 2.45) is 0 Å². The van der Waals surface area contributed by atoms with Crippen LogP contribution in [0.15, 0.2) is 59.2 Å². The number of hydrogen-bond acceptors (Lipinski definition) is 5. The summed E-state index contributed by atoms with van der Waals surface area (Å²) in [7, 11) is 1.64. The second-order valence-electron chi connectivity index (χ2n) is 6.81. The number of para-hydroxylation sites is 1. The molecule has 5 nitrogen and oxygen atoms in total. The highest BCUT2D eigenvalue weighted by atomic mass is 32.2. The van der Waals surface area contributed by atoms with Gasteiger partial charge in [-0.15, -0.1) is 11.8 Å². The van der Waals surface area contributed by atoms with E-state index in [1.54, 1.807) is 25.1 Å². The Kier molecular flexibility index (Phi) is 5.39. The van der Waals surface area contributed by atoms with Gasteiger partial charge in [-0.1, -0.05) is 18.2 Å². The molecule has 144 valence electrons. The number of thioether (sulfide) groups is 1. The minimum absolute atomic E-state index is 0.140. The average Bonchev–Trinajstić information content (AvgIpc) is 3.31. The fraction of sp³-hybridized carbons (Fsp3) is 0.273. The summed E-state index contributed by atoms with van der Waals surface area (Å²) in [6.45, 7) is 2.10. The van der Waals surface area contributed by atoms with Crippen LogP contribution in [-0.2, 0) is 17.0 Å². The lowest BCUT2D eigenvalue weighted by Gasteiger charge is -2.22. The van der Waals surface area contributed by atoms with Gasteiger partial charge in [0, 0.05) is 23.0 Å². The van der Waals surface area contributed by atoms with Gasteiger partial charge >= 0.3 is 0 Å². The van der Waals surface area contributed by atoms with Crippen LogP contribution in [0.5, 0.6) is 5.75 Å². The summed E-state index contributed by atoms with van der Waals surface area (Å²) in [4.78, 5) is 19.2. The number of oxazole rings is 1. The molecule has 1 aromatic heterocycles. The first kappa shape index (κ1) is 18.6. The van der Waals surface area contributed by atoms with Crippen LogP contribution >= 0.6 is 11.8 Å². The number of anilines is 1. The van der Waals surface area contributed by atoms with E-state index in [0.717, 1.165) is 29.1 Å². The first-order valence-corrected chi connectivity index (χ1v) is 10.4. The van der Waals surface area contributed by atoms with E-state index in [4.69, 9.17) is 9.15 Å². The number of rotatable bonds is 6. The first-order valence-electron chi connectivity index (χ1n) is 9.22. The van der Waals surface area contributed by atoms with Crippen molar-refractivity contribution in [3.63, 3.8) is 0 Å². The molecule has 0 saturated carbocycles. The number of amides is 1. The minimum atomic E-state index is 0.140. The van der Waals surface area contributed by atoms with Gasteiger partial charge in [0.05, 0.1) is 18.6 Å². The van der Waals surface area contributed by atoms with Crippen molar-refractivity contribution in [2.75, 3.05) is 17.8 Å². The number of carbonyl (C=O) groups excluding carboxylic acids is 1. The molecule has 0 spiro atoms. The molecule has 28 heavy (non-hydrogen) atoms. The predicted molar refractivity (Wildman–Crippen MR) is 112 cm³/mol. The molecule has 2 aromatic carbocycles. The zero-order chi connectivity index (χ0) is 19.5. The van der Waals surface area contributed by atoms with E-state index in [0.29, 0.717) is 17.4 Å². The predicted octanol–water partition coefficient (Wildman–Crippen LogP) is 4.56. The summed E-state index contributed by atoms with van der Waals surface area (Å²) in [5.74, 6) is 2.56. The fourth-order valence-corrected chi connectivity index (χ4v) is 4.25. The molecular formula is C22H22N2O3S. The number of carbonyl (C=O) groups is 1. The van der Waals surface area contributed by atoms with Crippen LogP contribution in [0.4, 0.5) is 5.69 Å². The lowest BCUT2D eigenvalue weighted by molar-refractivity contribution is -0.116. The van der Waals surface area contributed by atoms with E-state index >= 15 is 0 Å². The molecule has 0 radical (unpaired) electrons. The maximum Gasteiger partial charge on any atom is 0.237 e. The molecule has 1 unspecified atom stereocenters. The summed E-state index contributed by atoms with van der Waals surface area (Å²) in [5, 5.41) is 0. The van der Waals surface area contributed by atoms with E-state index in [9.17, 15) is 4.79 Å². The van der Waals surface area contributed by atoms with Gasteiger partial charge in [0.2, 0.25) is 11.8 Å². The lowest BCUT2D eigenvalue weighted by atomic mass is 10.1. The highest BCUT2D eigenvalue weighted by Crippen LogP contribution is 2.32. The molecular weight excluding hydrogens is 372 g/mol. The first-order chi connectivity index (χ1) is 13.7. The molecule has 6 heteroatoms. The monoisotopic (exact) mass is 394 g/mol. The summed E-state index contributed by atoms with van der Waals surface area (Å²) >= 11 is 1.56. The Labute approximate surface area is 168 Å². The van der Waals surface area contributed by atoms with Crippen LogP contribution < -0.4 is 9.64 Å². The second kappa shape index (κ2) is 8.10. The molecule has 0 bridgehead atoms. The van der Waals surface area contributed by atoms with Crippen molar-refractivity contribution >= 4 is 23.4 Å². The molecule has 1 atom stereocenters. The zero-order valence-corrected chi connectivity index (χ0v) is 16.7. The normalized spacial score (nSPS) is 15.5. The topological polar surface area (TPSA) is 55.6 Å². The van der Waals surface area contributed by atoms with Gasteiger partial charge in [-0.25, -0.2) is 4.98 Å². The van der Waals surface area contributed by atoms with Crippen LogP contribution in [0.25, 0.3) is 11.5 Å². The molecule has 1 aliphatic heterocycles. The van der Waals surface area contributed by atoms with Crippen molar-refractivity contribution in [2.45, 2.75) is 25.1 Å². The Morgan fingerprint density at radius 2 is 2.04 bits per heavy atom. The average molecular weight is 394 g/mol. The molecule has 1 amide bonds. The van der Waals surface area contributed by atoms with E-state index in [-0.39, 0.29) is 11.9 Å². The van der Waals surface area contributed by atoms with Crippen LogP contribution in [0.2, 0.25) is 0 Å². The summed E-state index contributed by atoms with van der Waals surface area (Å²) in [6, 6.07) is 15.9. The van der Waals surface area contributed by atoms with Crippen molar-refractivity contribution in [1.29, 1.82) is 0 Å². The van der Waals surface area contributed by atoms with Gasteiger partial charge in [0.25, 0.3) is 0 Å². The van der Waals surface area contributed by atoms with E-state index in [1.165, 1.54) is 5.56 Å². The SMILES string of the molecule is COc1ccc(-c2nc(CSCC(=O)N3c4ccccc4CC3C)co2)cc1. The molecule has 4 rings (SSSR count). The standard InChI is InChI=1S/C22H22N2O3S/c1-15-11-17-5-3-4-6-20(17)24(15)21(25)14-28-13-18-12-27-22(23-18)16-7-9-19(26-2)10-8-16/h3-10,12,15H,11,13-14H2,1-2H3. The highest BCUT2D eigenvalue weighted by Gasteiger charge is 2.30. The quantitative estimate of drug-likeness (QED) is 0.613. The smallest absolute Gasteiger partial charge is 0.237 e. The summed E-state index contributed by atoms with van der Waals surface area (Å²) in [5.41, 5.74) is 4.02. The lowest BCUT2D eigenvalue weighted by Crippen LogP contribution is -2.37. The van der Waals surface area contributed by atoms with Crippen molar-refractivity contribution in [3.8, 4) is 17.2 Å². The van der Waals surface area contributed by atoms with Crippen molar-refractivity contribution < 1.29 is 13.9 Å². The maximum absolute atomic E-state index is 12.7. The third kappa shape index (κ3) is 3.78. The Morgan fingerprint density at radius 1 is 1.25 bits per heavy atom. The van der Waals surface area contributed by atoms with Crippen molar-refractivity contribution in [3.05, 3.63) is 66.1 Å². The van der Waals surface area contributed by atoms with Gasteiger partial charge in [-0.3, -0.25) is 4.79 Å². The van der Waals surface area contributed by atoms with Crippen LogP contribution in [0, 0.1) is 0 Å². The minimum Gasteiger partial charge on any atom is -0.497 e.